The summed E-state index contributed by atoms with van der Waals surface area (Å²) in [6, 6.07) is -1.47. The summed E-state index contributed by atoms with van der Waals surface area (Å²) in [6.45, 7) is 5.64. The van der Waals surface area contributed by atoms with Gasteiger partial charge in [0.05, 0.1) is 12.5 Å². The first-order valence-electron chi connectivity index (χ1n) is 7.19. The number of carboxylic acids is 1. The molecule has 114 valence electrons. The number of likely N-dealkylation sites (N-methyl/N-ethyl adjacent to an activating group) is 1. The van der Waals surface area contributed by atoms with Crippen LogP contribution in [0, 0.1) is 0 Å². The van der Waals surface area contributed by atoms with Gasteiger partial charge >= 0.3 is 5.97 Å². The summed E-state index contributed by atoms with van der Waals surface area (Å²) in [4.78, 5) is 38.5. The van der Waals surface area contributed by atoms with Gasteiger partial charge in [-0.15, -0.1) is 0 Å². The van der Waals surface area contributed by atoms with Crippen LogP contribution in [0.2, 0.25) is 0 Å². The maximum Gasteiger partial charge on any atom is 0.320 e. The highest BCUT2D eigenvalue weighted by atomic mass is 16.4. The molecule has 0 bridgehead atoms. The molecule has 0 radical (unpaired) electrons. The Labute approximate surface area is 119 Å². The van der Waals surface area contributed by atoms with E-state index >= 15 is 0 Å². The van der Waals surface area contributed by atoms with Crippen LogP contribution in [-0.4, -0.2) is 57.9 Å². The number of rotatable bonds is 7. The molecule has 2 amide bonds. The van der Waals surface area contributed by atoms with E-state index in [1.165, 1.54) is 9.80 Å². The zero-order valence-electron chi connectivity index (χ0n) is 12.6. The number of likely N-dealkylation sites (tertiary alicyclic amines) is 1. The molecular weight excluding hydrogens is 260 g/mol. The van der Waals surface area contributed by atoms with Gasteiger partial charge < -0.3 is 5.11 Å². The van der Waals surface area contributed by atoms with Gasteiger partial charge in [0.25, 0.3) is 0 Å². The maximum absolute atomic E-state index is 12.4. The molecule has 1 aliphatic heterocycles. The summed E-state index contributed by atoms with van der Waals surface area (Å²) in [6.07, 6.45) is 1.92. The molecule has 1 saturated heterocycles. The van der Waals surface area contributed by atoms with E-state index in [-0.39, 0.29) is 24.3 Å². The molecule has 6 heteroatoms. The molecule has 1 N–H and O–H groups in total. The zero-order valence-corrected chi connectivity index (χ0v) is 12.6. The van der Waals surface area contributed by atoms with Crippen LogP contribution in [0.25, 0.3) is 0 Å². The van der Waals surface area contributed by atoms with Crippen LogP contribution in [0.1, 0.15) is 46.5 Å². The van der Waals surface area contributed by atoms with Gasteiger partial charge in [0.15, 0.2) is 0 Å². The fourth-order valence-electron chi connectivity index (χ4n) is 2.84. The third-order valence-corrected chi connectivity index (χ3v) is 4.12. The Kier molecular flexibility index (Phi) is 5.68. The molecule has 20 heavy (non-hydrogen) atoms. The topological polar surface area (TPSA) is 77.9 Å². The van der Waals surface area contributed by atoms with Crippen LogP contribution in [-0.2, 0) is 14.4 Å². The number of imide groups is 1. The Hall–Kier alpha value is -1.43. The second kappa shape index (κ2) is 6.83. The average molecular weight is 284 g/mol. The molecule has 1 fully saturated rings. The highest BCUT2D eigenvalue weighted by Crippen LogP contribution is 2.24. The number of carbonyl (C=O) groups excluding carboxylic acids is 2. The van der Waals surface area contributed by atoms with E-state index in [9.17, 15) is 19.5 Å². The fourth-order valence-corrected chi connectivity index (χ4v) is 2.84. The number of hydrogen-bond donors (Lipinski definition) is 1. The first-order chi connectivity index (χ1) is 9.38. The predicted octanol–water partition coefficient (Wildman–Crippen LogP) is 1.10. The Bertz CT molecular complexity index is 393. The molecule has 0 saturated carbocycles. The van der Waals surface area contributed by atoms with Crippen LogP contribution in [0.5, 0.6) is 0 Å². The molecule has 0 aromatic rings. The van der Waals surface area contributed by atoms with Crippen molar-refractivity contribution in [2.75, 3.05) is 7.05 Å². The lowest BCUT2D eigenvalue weighted by Gasteiger charge is -2.29. The van der Waals surface area contributed by atoms with Gasteiger partial charge in [-0.2, -0.15) is 0 Å². The van der Waals surface area contributed by atoms with E-state index in [2.05, 4.69) is 0 Å². The van der Waals surface area contributed by atoms with Crippen LogP contribution in [0.15, 0.2) is 0 Å². The summed E-state index contributed by atoms with van der Waals surface area (Å²) >= 11 is 0. The summed E-state index contributed by atoms with van der Waals surface area (Å²) in [5.41, 5.74) is 0. The van der Waals surface area contributed by atoms with Crippen molar-refractivity contribution in [1.82, 2.24) is 9.80 Å². The molecule has 1 heterocycles. The number of nitrogens with zero attached hydrogens (tertiary/aromatic N) is 2. The maximum atomic E-state index is 12.4. The normalized spacial score (nSPS) is 21.1. The highest BCUT2D eigenvalue weighted by Gasteiger charge is 2.45. The largest absolute Gasteiger partial charge is 0.480 e. The number of amides is 2. The van der Waals surface area contributed by atoms with Gasteiger partial charge in [-0.3, -0.25) is 24.2 Å². The van der Waals surface area contributed by atoms with Crippen LogP contribution >= 0.6 is 0 Å². The van der Waals surface area contributed by atoms with Crippen molar-refractivity contribution < 1.29 is 19.5 Å². The summed E-state index contributed by atoms with van der Waals surface area (Å²) < 4.78 is 0. The van der Waals surface area contributed by atoms with Crippen molar-refractivity contribution in [2.24, 2.45) is 0 Å². The standard InChI is InChI=1S/C14H24N2O4/c1-5-9(6-2)16-12(17)8-11(13(16)18)15(4)10(7-3)14(19)20/h9-11H,5-8H2,1-4H3,(H,19,20). The van der Waals surface area contributed by atoms with E-state index < -0.39 is 18.1 Å². The first-order valence-corrected chi connectivity index (χ1v) is 7.19. The highest BCUT2D eigenvalue weighted by molar-refractivity contribution is 6.06. The minimum Gasteiger partial charge on any atom is -0.480 e. The van der Waals surface area contributed by atoms with Crippen molar-refractivity contribution in [3.8, 4) is 0 Å². The SMILES string of the molecule is CCC(CC)N1C(=O)CC(N(C)C(CC)C(=O)O)C1=O. The summed E-state index contributed by atoms with van der Waals surface area (Å²) in [7, 11) is 1.61. The molecular formula is C14H24N2O4. The van der Waals surface area contributed by atoms with E-state index in [0.717, 1.165) is 12.8 Å². The van der Waals surface area contributed by atoms with Gasteiger partial charge in [0, 0.05) is 6.04 Å². The number of carbonyl (C=O) groups is 3. The smallest absolute Gasteiger partial charge is 0.320 e. The van der Waals surface area contributed by atoms with Crippen LogP contribution in [0.4, 0.5) is 0 Å². The Balaban J connectivity index is 2.92. The third-order valence-electron chi connectivity index (χ3n) is 4.12. The van der Waals surface area contributed by atoms with E-state index in [1.807, 2.05) is 13.8 Å². The molecule has 1 aliphatic rings. The third kappa shape index (κ3) is 3.00. The van der Waals surface area contributed by atoms with Gasteiger partial charge in [-0.25, -0.2) is 0 Å². The number of hydrogen-bond acceptors (Lipinski definition) is 4. The average Bonchev–Trinajstić information content (AvgIpc) is 2.68. The Morgan fingerprint density at radius 3 is 2.25 bits per heavy atom. The lowest BCUT2D eigenvalue weighted by molar-refractivity contribution is -0.146. The summed E-state index contributed by atoms with van der Waals surface area (Å²) in [5, 5.41) is 9.17. The van der Waals surface area contributed by atoms with Crippen molar-refractivity contribution in [3.05, 3.63) is 0 Å². The van der Waals surface area contributed by atoms with E-state index in [4.69, 9.17) is 0 Å². The molecule has 2 atom stereocenters. The molecule has 0 aliphatic carbocycles. The minimum atomic E-state index is -0.962. The monoisotopic (exact) mass is 284 g/mol. The molecule has 2 unspecified atom stereocenters. The lowest BCUT2D eigenvalue weighted by atomic mass is 10.1. The molecule has 1 rings (SSSR count). The quantitative estimate of drug-likeness (QED) is 0.708. The van der Waals surface area contributed by atoms with Crippen LogP contribution in [0.3, 0.4) is 0 Å². The predicted molar refractivity (Wildman–Crippen MR) is 74.1 cm³/mol. The van der Waals surface area contributed by atoms with Crippen molar-refractivity contribution >= 4 is 17.8 Å². The molecule has 0 aromatic carbocycles. The van der Waals surface area contributed by atoms with Crippen molar-refractivity contribution in [1.29, 1.82) is 0 Å². The number of carboxylic acid groups (broad SMARTS) is 1. The Morgan fingerprint density at radius 1 is 1.30 bits per heavy atom. The second-order valence-electron chi connectivity index (χ2n) is 5.22. The van der Waals surface area contributed by atoms with Crippen molar-refractivity contribution in [2.45, 2.75) is 64.6 Å². The van der Waals surface area contributed by atoms with Crippen LogP contribution < -0.4 is 0 Å². The molecule has 6 nitrogen and oxygen atoms in total. The van der Waals surface area contributed by atoms with E-state index in [0.29, 0.717) is 6.42 Å². The van der Waals surface area contributed by atoms with Gasteiger partial charge in [-0.1, -0.05) is 20.8 Å². The number of aliphatic carboxylic acids is 1. The zero-order chi connectivity index (χ0) is 15.4. The minimum absolute atomic E-state index is 0.0790. The summed E-state index contributed by atoms with van der Waals surface area (Å²) in [5.74, 6) is -1.41. The van der Waals surface area contributed by atoms with Gasteiger partial charge in [0.2, 0.25) is 11.8 Å². The van der Waals surface area contributed by atoms with Gasteiger partial charge in [-0.05, 0) is 26.3 Å². The van der Waals surface area contributed by atoms with E-state index in [1.54, 1.807) is 14.0 Å². The first kappa shape index (κ1) is 16.6. The lowest BCUT2D eigenvalue weighted by Crippen LogP contribution is -2.49. The van der Waals surface area contributed by atoms with Crippen molar-refractivity contribution in [3.63, 3.8) is 0 Å². The Morgan fingerprint density at radius 2 is 1.85 bits per heavy atom. The fraction of sp³-hybridized carbons (Fsp3) is 0.786. The molecule has 0 aromatic heterocycles. The van der Waals surface area contributed by atoms with Gasteiger partial charge in [0.1, 0.15) is 6.04 Å². The molecule has 0 spiro atoms. The second-order valence-corrected chi connectivity index (χ2v) is 5.22.